The molecule has 0 fully saturated rings. The van der Waals surface area contributed by atoms with Crippen molar-refractivity contribution in [1.82, 2.24) is 0 Å². The molecule has 0 aromatic heterocycles. The second kappa shape index (κ2) is 7.88. The highest BCUT2D eigenvalue weighted by atomic mass is 79.9. The fourth-order valence-corrected chi connectivity index (χ4v) is 1.98. The predicted octanol–water partition coefficient (Wildman–Crippen LogP) is 4.74. The van der Waals surface area contributed by atoms with Crippen LogP contribution in [0.2, 0.25) is 18.1 Å². The molecule has 0 amide bonds. The molecule has 2 unspecified atom stereocenters. The average molecular weight is 308 g/mol. The maximum Gasteiger partial charge on any atom is 0.0572 e. The van der Waals surface area contributed by atoms with Crippen LogP contribution < -0.4 is 0 Å². The molecule has 0 rings (SSSR count). The van der Waals surface area contributed by atoms with Crippen LogP contribution >= 0.6 is 15.9 Å². The molecule has 0 aliphatic rings. The maximum atomic E-state index is 6.04. The first kappa shape index (κ1) is 16.7. The molecule has 3 heteroatoms. The average Bonchev–Trinajstić information content (AvgIpc) is 2.22. The summed E-state index contributed by atoms with van der Waals surface area (Å²) in [7, 11) is -0.281. The lowest BCUT2D eigenvalue weighted by molar-refractivity contribution is 0.0154. The zero-order valence-electron chi connectivity index (χ0n) is 11.8. The smallest absolute Gasteiger partial charge is 0.0572 e. The number of rotatable bonds is 8. The third-order valence-corrected chi connectivity index (χ3v) is 7.07. The van der Waals surface area contributed by atoms with Gasteiger partial charge in [0.25, 0.3) is 0 Å². The first-order valence-corrected chi connectivity index (χ1v) is 9.91. The van der Waals surface area contributed by atoms with Crippen molar-refractivity contribution in [2.24, 2.45) is 5.92 Å². The summed E-state index contributed by atoms with van der Waals surface area (Å²) in [6.07, 6.45) is 2.89. The summed E-state index contributed by atoms with van der Waals surface area (Å²) >= 11 is 3.48. The molecule has 0 saturated heterocycles. The van der Waals surface area contributed by atoms with E-state index < -0.39 is 0 Å². The number of hydrogen-bond donors (Lipinski definition) is 0. The van der Waals surface area contributed by atoms with Crippen LogP contribution in [0.15, 0.2) is 0 Å². The number of ether oxygens (including phenoxy) is 1. The molecule has 0 N–H and O–H groups in total. The molecule has 0 aliphatic carbocycles. The Kier molecular flexibility index (Phi) is 8.21. The van der Waals surface area contributed by atoms with Crippen molar-refractivity contribution in [3.63, 3.8) is 0 Å². The summed E-state index contributed by atoms with van der Waals surface area (Å²) < 4.78 is 6.04. The van der Waals surface area contributed by atoms with Crippen LogP contribution in [0.5, 0.6) is 0 Å². The van der Waals surface area contributed by atoms with Crippen LogP contribution in [0, 0.1) is 5.92 Å². The minimum atomic E-state index is -0.281. The molecule has 0 aromatic rings. The van der Waals surface area contributed by atoms with Crippen LogP contribution in [0.3, 0.4) is 0 Å². The lowest BCUT2D eigenvalue weighted by Gasteiger charge is -2.31. The van der Waals surface area contributed by atoms with E-state index in [-0.39, 0.29) is 8.80 Å². The topological polar surface area (TPSA) is 9.23 Å². The number of alkyl halides is 1. The van der Waals surface area contributed by atoms with E-state index in [0.29, 0.717) is 17.1 Å². The summed E-state index contributed by atoms with van der Waals surface area (Å²) in [6.45, 7) is 14.8. The molecule has 97 valence electrons. The maximum absolute atomic E-state index is 6.04. The van der Waals surface area contributed by atoms with Gasteiger partial charge >= 0.3 is 0 Å². The van der Waals surface area contributed by atoms with Crippen molar-refractivity contribution in [3.05, 3.63) is 0 Å². The molecule has 0 saturated carbocycles. The Labute approximate surface area is 112 Å². The van der Waals surface area contributed by atoms with Crippen molar-refractivity contribution < 1.29 is 4.74 Å². The SMILES string of the molecule is CC(CCCBr)C(C)OCC(C)(C)[Si](C)C. The van der Waals surface area contributed by atoms with Gasteiger partial charge in [0.05, 0.1) is 14.9 Å². The predicted molar refractivity (Wildman–Crippen MR) is 79.1 cm³/mol. The van der Waals surface area contributed by atoms with Gasteiger partial charge in [-0.1, -0.05) is 49.8 Å². The van der Waals surface area contributed by atoms with E-state index in [0.717, 1.165) is 11.9 Å². The van der Waals surface area contributed by atoms with E-state index in [1.165, 1.54) is 12.8 Å². The standard InChI is InChI=1S/C13H28BrOSi/c1-11(8-7-9-14)12(2)15-10-13(3,4)16(5)6/h11-12H,7-10H2,1-6H3. The molecular weight excluding hydrogens is 280 g/mol. The molecule has 0 aromatic carbocycles. The van der Waals surface area contributed by atoms with Crippen molar-refractivity contribution in [2.75, 3.05) is 11.9 Å². The summed E-state index contributed by atoms with van der Waals surface area (Å²) in [5, 5.41) is 1.49. The third-order valence-electron chi connectivity index (χ3n) is 3.66. The normalized spacial score (nSPS) is 16.5. The van der Waals surface area contributed by atoms with Crippen LogP contribution in [0.25, 0.3) is 0 Å². The van der Waals surface area contributed by atoms with Gasteiger partial charge in [-0.25, -0.2) is 0 Å². The molecule has 1 nitrogen and oxygen atoms in total. The van der Waals surface area contributed by atoms with Crippen molar-refractivity contribution >= 4 is 24.7 Å². The van der Waals surface area contributed by atoms with Crippen LogP contribution in [-0.2, 0) is 4.74 Å². The van der Waals surface area contributed by atoms with Crippen LogP contribution in [-0.4, -0.2) is 26.8 Å². The van der Waals surface area contributed by atoms with Gasteiger partial charge in [0.2, 0.25) is 0 Å². The highest BCUT2D eigenvalue weighted by molar-refractivity contribution is 9.09. The van der Waals surface area contributed by atoms with Gasteiger partial charge in [0, 0.05) is 11.9 Å². The zero-order valence-corrected chi connectivity index (χ0v) is 14.4. The number of hydrogen-bond acceptors (Lipinski definition) is 1. The van der Waals surface area contributed by atoms with Gasteiger partial charge in [-0.05, 0) is 30.7 Å². The lowest BCUT2D eigenvalue weighted by Crippen LogP contribution is -2.30. The second-order valence-electron chi connectivity index (χ2n) is 5.71. The Morgan fingerprint density at radius 2 is 1.81 bits per heavy atom. The Morgan fingerprint density at radius 1 is 1.25 bits per heavy atom. The van der Waals surface area contributed by atoms with Gasteiger partial charge < -0.3 is 4.74 Å². The zero-order chi connectivity index (χ0) is 12.8. The Hall–Kier alpha value is 0.657. The fraction of sp³-hybridized carbons (Fsp3) is 1.00. The van der Waals surface area contributed by atoms with Gasteiger partial charge in [0.15, 0.2) is 0 Å². The molecular formula is C13H28BrOSi. The molecule has 0 bridgehead atoms. The van der Waals surface area contributed by atoms with E-state index >= 15 is 0 Å². The molecule has 0 heterocycles. The van der Waals surface area contributed by atoms with Crippen molar-refractivity contribution in [1.29, 1.82) is 0 Å². The minimum absolute atomic E-state index is 0.281. The first-order chi connectivity index (χ1) is 7.31. The lowest BCUT2D eigenvalue weighted by atomic mass is 10.0. The summed E-state index contributed by atoms with van der Waals surface area (Å²) in [5.41, 5.74) is 0. The van der Waals surface area contributed by atoms with Gasteiger partial charge in [-0.2, -0.15) is 0 Å². The van der Waals surface area contributed by atoms with E-state index in [9.17, 15) is 0 Å². The quantitative estimate of drug-likeness (QED) is 0.465. The molecule has 16 heavy (non-hydrogen) atoms. The number of halogens is 1. The van der Waals surface area contributed by atoms with Gasteiger partial charge in [-0.15, -0.1) is 0 Å². The van der Waals surface area contributed by atoms with E-state index in [1.807, 2.05) is 0 Å². The summed E-state index contributed by atoms with van der Waals surface area (Å²) in [4.78, 5) is 0. The van der Waals surface area contributed by atoms with E-state index in [2.05, 4.69) is 56.7 Å². The molecule has 1 radical (unpaired) electrons. The van der Waals surface area contributed by atoms with Gasteiger partial charge in [-0.3, -0.25) is 0 Å². The minimum Gasteiger partial charge on any atom is -0.378 e. The van der Waals surface area contributed by atoms with E-state index in [1.54, 1.807) is 0 Å². The van der Waals surface area contributed by atoms with Crippen LogP contribution in [0.1, 0.15) is 40.5 Å². The molecule has 2 atom stereocenters. The summed E-state index contributed by atoms with van der Waals surface area (Å²) in [5.74, 6) is 0.665. The Balaban J connectivity index is 3.92. The highest BCUT2D eigenvalue weighted by Crippen LogP contribution is 2.29. The van der Waals surface area contributed by atoms with Gasteiger partial charge in [0.1, 0.15) is 0 Å². The monoisotopic (exact) mass is 307 g/mol. The second-order valence-corrected chi connectivity index (χ2v) is 9.86. The summed E-state index contributed by atoms with van der Waals surface area (Å²) in [6, 6.07) is 0. The first-order valence-electron chi connectivity index (χ1n) is 6.29. The fourth-order valence-electron chi connectivity index (χ4n) is 1.28. The molecule has 0 aliphatic heterocycles. The Bertz CT molecular complexity index is 183. The van der Waals surface area contributed by atoms with Crippen molar-refractivity contribution in [2.45, 2.75) is 64.8 Å². The highest BCUT2D eigenvalue weighted by Gasteiger charge is 2.25. The largest absolute Gasteiger partial charge is 0.378 e. The van der Waals surface area contributed by atoms with Crippen LogP contribution in [0.4, 0.5) is 0 Å². The van der Waals surface area contributed by atoms with Crippen molar-refractivity contribution in [3.8, 4) is 0 Å². The Morgan fingerprint density at radius 3 is 2.25 bits per heavy atom. The third kappa shape index (κ3) is 6.41. The molecule has 0 spiro atoms. The van der Waals surface area contributed by atoms with E-state index in [4.69, 9.17) is 4.74 Å².